The molecule has 0 saturated carbocycles. The summed E-state index contributed by atoms with van der Waals surface area (Å²) in [6.07, 6.45) is 3.85. The summed E-state index contributed by atoms with van der Waals surface area (Å²) < 4.78 is 5.17. The average Bonchev–Trinajstić information content (AvgIpc) is 2.71. The van der Waals surface area contributed by atoms with Crippen LogP contribution < -0.4 is 4.90 Å². The second kappa shape index (κ2) is 3.29. The van der Waals surface area contributed by atoms with Crippen molar-refractivity contribution >= 4 is 11.9 Å². The third-order valence-electron chi connectivity index (χ3n) is 2.33. The fraction of sp³-hybridized carbons (Fsp3) is 0.400. The number of nitrogens with zero attached hydrogens (tertiary/aromatic N) is 2. The predicted molar refractivity (Wildman–Crippen MR) is 51.9 cm³/mol. The molecule has 1 aliphatic heterocycles. The van der Waals surface area contributed by atoms with E-state index in [1.807, 2.05) is 6.92 Å². The summed E-state index contributed by atoms with van der Waals surface area (Å²) in [7, 11) is 0. The number of hydrogen-bond donors (Lipinski definition) is 0. The number of rotatable bonds is 2. The molecule has 0 spiro atoms. The van der Waals surface area contributed by atoms with Gasteiger partial charge < -0.3 is 4.42 Å². The van der Waals surface area contributed by atoms with Crippen molar-refractivity contribution in [3.63, 3.8) is 0 Å². The van der Waals surface area contributed by atoms with E-state index < -0.39 is 0 Å². The minimum absolute atomic E-state index is 0.0525. The van der Waals surface area contributed by atoms with E-state index >= 15 is 0 Å². The van der Waals surface area contributed by atoms with Crippen molar-refractivity contribution in [2.45, 2.75) is 13.3 Å². The molecule has 1 fully saturated rings. The monoisotopic (exact) mass is 192 g/mol. The van der Waals surface area contributed by atoms with Crippen LogP contribution in [0.1, 0.15) is 12.1 Å². The molecule has 1 amide bonds. The first-order valence-corrected chi connectivity index (χ1v) is 4.55. The van der Waals surface area contributed by atoms with Crippen LogP contribution in [0.2, 0.25) is 0 Å². The summed E-state index contributed by atoms with van der Waals surface area (Å²) in [6, 6.07) is 0.400. The van der Waals surface area contributed by atoms with Gasteiger partial charge in [-0.25, -0.2) is 0 Å². The van der Waals surface area contributed by atoms with E-state index in [-0.39, 0.29) is 11.8 Å². The van der Waals surface area contributed by atoms with E-state index in [9.17, 15) is 4.79 Å². The molecule has 1 aliphatic rings. The number of oxazole rings is 1. The van der Waals surface area contributed by atoms with Crippen LogP contribution in [0.4, 0.5) is 6.01 Å². The first kappa shape index (κ1) is 8.99. The Balaban J connectivity index is 2.20. The number of aromatic nitrogens is 1. The van der Waals surface area contributed by atoms with Crippen molar-refractivity contribution in [3.05, 3.63) is 24.6 Å². The van der Waals surface area contributed by atoms with E-state index in [2.05, 4.69) is 11.6 Å². The maximum Gasteiger partial charge on any atom is 0.304 e. The summed E-state index contributed by atoms with van der Waals surface area (Å²) in [5.74, 6) is 0.270. The van der Waals surface area contributed by atoms with Crippen LogP contribution in [0.3, 0.4) is 0 Å². The van der Waals surface area contributed by atoms with E-state index in [0.717, 1.165) is 5.69 Å². The Morgan fingerprint density at radius 1 is 1.79 bits per heavy atom. The first-order valence-electron chi connectivity index (χ1n) is 4.55. The van der Waals surface area contributed by atoms with Crippen LogP contribution in [-0.2, 0) is 4.79 Å². The zero-order valence-corrected chi connectivity index (χ0v) is 8.06. The molecular formula is C10H12N2O2. The fourth-order valence-corrected chi connectivity index (χ4v) is 1.54. The molecular weight excluding hydrogens is 180 g/mol. The van der Waals surface area contributed by atoms with Gasteiger partial charge in [0, 0.05) is 18.9 Å². The topological polar surface area (TPSA) is 46.3 Å². The highest BCUT2D eigenvalue weighted by molar-refractivity contribution is 5.93. The standard InChI is InChI=1S/C10H12N2O2/c1-3-8-4-9(13)12(5-8)10-11-7(2)6-14-10/h3,6,8H,1,4-5H2,2H3. The molecule has 1 aromatic rings. The minimum atomic E-state index is 0.0525. The lowest BCUT2D eigenvalue weighted by atomic mass is 10.1. The highest BCUT2D eigenvalue weighted by atomic mass is 16.4. The zero-order chi connectivity index (χ0) is 10.1. The summed E-state index contributed by atoms with van der Waals surface area (Å²) in [4.78, 5) is 17.2. The van der Waals surface area contributed by atoms with Crippen LogP contribution in [0.15, 0.2) is 23.3 Å². The number of carbonyl (C=O) groups excluding carboxylic acids is 1. The van der Waals surface area contributed by atoms with Crippen molar-refractivity contribution in [1.29, 1.82) is 0 Å². The Hall–Kier alpha value is -1.58. The predicted octanol–water partition coefficient (Wildman–Crippen LogP) is 1.52. The minimum Gasteiger partial charge on any atom is -0.431 e. The van der Waals surface area contributed by atoms with E-state index in [0.29, 0.717) is 19.0 Å². The molecule has 74 valence electrons. The Kier molecular flexibility index (Phi) is 2.11. The highest BCUT2D eigenvalue weighted by Gasteiger charge is 2.31. The molecule has 1 unspecified atom stereocenters. The van der Waals surface area contributed by atoms with Crippen LogP contribution in [0, 0.1) is 12.8 Å². The van der Waals surface area contributed by atoms with Crippen molar-refractivity contribution in [3.8, 4) is 0 Å². The molecule has 0 radical (unpaired) electrons. The van der Waals surface area contributed by atoms with Crippen molar-refractivity contribution in [2.75, 3.05) is 11.4 Å². The molecule has 0 aliphatic carbocycles. The van der Waals surface area contributed by atoms with Crippen molar-refractivity contribution in [1.82, 2.24) is 4.98 Å². The smallest absolute Gasteiger partial charge is 0.304 e. The third-order valence-corrected chi connectivity index (χ3v) is 2.33. The molecule has 2 rings (SSSR count). The summed E-state index contributed by atoms with van der Waals surface area (Å²) in [6.45, 7) is 6.14. The molecule has 0 N–H and O–H groups in total. The number of aryl methyl sites for hydroxylation is 1. The molecule has 1 aromatic heterocycles. The molecule has 4 heteroatoms. The van der Waals surface area contributed by atoms with E-state index in [1.54, 1.807) is 17.2 Å². The van der Waals surface area contributed by atoms with Crippen LogP contribution >= 0.6 is 0 Å². The number of hydrogen-bond acceptors (Lipinski definition) is 3. The van der Waals surface area contributed by atoms with Crippen LogP contribution in [0.25, 0.3) is 0 Å². The quantitative estimate of drug-likeness (QED) is 0.667. The molecule has 4 nitrogen and oxygen atoms in total. The van der Waals surface area contributed by atoms with Gasteiger partial charge in [-0.15, -0.1) is 6.58 Å². The normalized spacial score (nSPS) is 21.6. The maximum absolute atomic E-state index is 11.5. The number of amides is 1. The Bertz CT molecular complexity index is 370. The molecule has 1 atom stereocenters. The molecule has 0 bridgehead atoms. The van der Waals surface area contributed by atoms with Gasteiger partial charge in [-0.3, -0.25) is 9.69 Å². The molecule has 2 heterocycles. The number of anilines is 1. The van der Waals surface area contributed by atoms with E-state index in [1.165, 1.54) is 0 Å². The van der Waals surface area contributed by atoms with Gasteiger partial charge in [-0.2, -0.15) is 4.98 Å². The lowest BCUT2D eigenvalue weighted by molar-refractivity contribution is -0.117. The van der Waals surface area contributed by atoms with Gasteiger partial charge in [-0.05, 0) is 6.92 Å². The zero-order valence-electron chi connectivity index (χ0n) is 8.06. The van der Waals surface area contributed by atoms with Gasteiger partial charge in [0.15, 0.2) is 0 Å². The Labute approximate surface area is 82.2 Å². The van der Waals surface area contributed by atoms with Crippen molar-refractivity contribution < 1.29 is 9.21 Å². The van der Waals surface area contributed by atoms with Gasteiger partial charge in [-0.1, -0.05) is 6.08 Å². The second-order valence-electron chi connectivity index (χ2n) is 3.48. The van der Waals surface area contributed by atoms with Gasteiger partial charge >= 0.3 is 6.01 Å². The van der Waals surface area contributed by atoms with Gasteiger partial charge in [0.1, 0.15) is 6.26 Å². The number of carbonyl (C=O) groups is 1. The second-order valence-corrected chi connectivity index (χ2v) is 3.48. The van der Waals surface area contributed by atoms with Gasteiger partial charge in [0.05, 0.1) is 5.69 Å². The summed E-state index contributed by atoms with van der Waals surface area (Å²) in [5.41, 5.74) is 0.787. The summed E-state index contributed by atoms with van der Waals surface area (Å²) >= 11 is 0. The Morgan fingerprint density at radius 2 is 2.57 bits per heavy atom. The van der Waals surface area contributed by atoms with Gasteiger partial charge in [0.25, 0.3) is 0 Å². The maximum atomic E-state index is 11.5. The third kappa shape index (κ3) is 1.43. The molecule has 0 aromatic carbocycles. The summed E-state index contributed by atoms with van der Waals surface area (Å²) in [5, 5.41) is 0. The average molecular weight is 192 g/mol. The van der Waals surface area contributed by atoms with E-state index in [4.69, 9.17) is 4.42 Å². The van der Waals surface area contributed by atoms with Gasteiger partial charge in [0.2, 0.25) is 5.91 Å². The molecule has 14 heavy (non-hydrogen) atoms. The molecule has 1 saturated heterocycles. The van der Waals surface area contributed by atoms with Crippen molar-refractivity contribution in [2.24, 2.45) is 5.92 Å². The Morgan fingerprint density at radius 3 is 3.07 bits per heavy atom. The first-order chi connectivity index (χ1) is 6.70. The van der Waals surface area contributed by atoms with Crippen LogP contribution in [0.5, 0.6) is 0 Å². The lowest BCUT2D eigenvalue weighted by Crippen LogP contribution is -2.24. The van der Waals surface area contributed by atoms with Crippen LogP contribution in [-0.4, -0.2) is 17.4 Å². The SMILES string of the molecule is C=CC1CC(=O)N(c2nc(C)co2)C1. The highest BCUT2D eigenvalue weighted by Crippen LogP contribution is 2.24. The lowest BCUT2D eigenvalue weighted by Gasteiger charge is -2.09. The fourth-order valence-electron chi connectivity index (χ4n) is 1.54. The largest absolute Gasteiger partial charge is 0.431 e.